The van der Waals surface area contributed by atoms with Crippen LogP contribution in [0.25, 0.3) is 0 Å². The molecule has 0 spiro atoms. The highest BCUT2D eigenvalue weighted by atomic mass is 35.5. The molecule has 0 radical (unpaired) electrons. The first-order valence-electron chi connectivity index (χ1n) is 8.80. The Labute approximate surface area is 164 Å². The third-order valence-corrected chi connectivity index (χ3v) is 5.53. The molecule has 0 aliphatic heterocycles. The third-order valence-electron chi connectivity index (χ3n) is 4.00. The maximum absolute atomic E-state index is 9.76. The summed E-state index contributed by atoms with van der Waals surface area (Å²) < 4.78 is 2.16. The van der Waals surface area contributed by atoms with Crippen LogP contribution in [0.4, 0.5) is 0 Å². The van der Waals surface area contributed by atoms with Crippen LogP contribution in [0, 0.1) is 0 Å². The average Bonchev–Trinajstić information content (AvgIpc) is 2.88. The Morgan fingerprint density at radius 1 is 1.12 bits per heavy atom. The number of aromatic nitrogens is 2. The van der Waals surface area contributed by atoms with Gasteiger partial charge in [-0.1, -0.05) is 75.0 Å². The fraction of sp³-hybridized carbons (Fsp3) is 0.526. The quantitative estimate of drug-likeness (QED) is 0.485. The number of unbranched alkanes of at least 4 members (excludes halogenated alkanes) is 3. The second kappa shape index (κ2) is 9.86. The van der Waals surface area contributed by atoms with Crippen molar-refractivity contribution in [3.8, 4) is 0 Å². The van der Waals surface area contributed by atoms with Crippen molar-refractivity contribution < 1.29 is 5.11 Å². The molecule has 138 valence electrons. The summed E-state index contributed by atoms with van der Waals surface area (Å²) in [6.45, 7) is 7.27. The molecule has 0 fully saturated rings. The average molecular weight is 401 g/mol. The highest BCUT2D eigenvalue weighted by Crippen LogP contribution is 2.37. The van der Waals surface area contributed by atoms with Gasteiger partial charge in [0.15, 0.2) is 0 Å². The molecular weight excluding hydrogens is 375 g/mol. The molecule has 0 atom stereocenters. The number of aliphatic hydroxyl groups excluding tert-OH is 1. The van der Waals surface area contributed by atoms with Gasteiger partial charge in [0.1, 0.15) is 17.5 Å². The minimum Gasteiger partial charge on any atom is -0.388 e. The van der Waals surface area contributed by atoms with Crippen molar-refractivity contribution in [3.05, 3.63) is 39.8 Å². The largest absolute Gasteiger partial charge is 0.388 e. The first kappa shape index (κ1) is 20.6. The van der Waals surface area contributed by atoms with E-state index < -0.39 is 0 Å². The minimum absolute atomic E-state index is 0.0512. The predicted molar refractivity (Wildman–Crippen MR) is 107 cm³/mol. The summed E-state index contributed by atoms with van der Waals surface area (Å²) in [5.41, 5.74) is 1.01. The maximum atomic E-state index is 9.76. The highest BCUT2D eigenvalue weighted by Gasteiger charge is 2.20. The normalized spacial score (nSPS) is 11.5. The molecule has 0 unspecified atom stereocenters. The van der Waals surface area contributed by atoms with Gasteiger partial charge in [0.2, 0.25) is 0 Å². The van der Waals surface area contributed by atoms with E-state index in [2.05, 4.69) is 25.3 Å². The van der Waals surface area contributed by atoms with E-state index in [0.717, 1.165) is 34.4 Å². The van der Waals surface area contributed by atoms with E-state index in [1.807, 2.05) is 12.1 Å². The Morgan fingerprint density at radius 2 is 1.80 bits per heavy atom. The number of halogens is 2. The van der Waals surface area contributed by atoms with Gasteiger partial charge in [-0.2, -0.15) is 0 Å². The van der Waals surface area contributed by atoms with Crippen LogP contribution in [0.15, 0.2) is 28.1 Å². The topological polar surface area (TPSA) is 38.0 Å². The number of rotatable bonds is 9. The number of aliphatic hydroxyl groups is 1. The summed E-state index contributed by atoms with van der Waals surface area (Å²) in [6.07, 6.45) is 4.70. The lowest BCUT2D eigenvalue weighted by Gasteiger charge is -2.13. The molecule has 2 rings (SSSR count). The molecule has 0 saturated carbocycles. The predicted octanol–water partition coefficient (Wildman–Crippen LogP) is 6.54. The second-order valence-corrected chi connectivity index (χ2v) is 8.39. The SMILES string of the molecule is CCCCCCn1c(CO)nc(C(C)C)c1Sc1cc(Cl)cc(Cl)c1. The summed E-state index contributed by atoms with van der Waals surface area (Å²) in [5.74, 6) is 1.01. The first-order chi connectivity index (χ1) is 12.0. The van der Waals surface area contributed by atoms with Crippen LogP contribution in [0.5, 0.6) is 0 Å². The van der Waals surface area contributed by atoms with Gasteiger partial charge in [-0.25, -0.2) is 4.98 Å². The molecule has 1 heterocycles. The summed E-state index contributed by atoms with van der Waals surface area (Å²) in [4.78, 5) is 5.68. The smallest absolute Gasteiger partial charge is 0.135 e. The van der Waals surface area contributed by atoms with Gasteiger partial charge in [-0.3, -0.25) is 0 Å². The third kappa shape index (κ3) is 5.65. The highest BCUT2D eigenvalue weighted by molar-refractivity contribution is 7.99. The lowest BCUT2D eigenvalue weighted by atomic mass is 10.1. The van der Waals surface area contributed by atoms with E-state index in [-0.39, 0.29) is 12.5 Å². The fourth-order valence-electron chi connectivity index (χ4n) is 2.73. The Hall–Kier alpha value is -0.680. The molecule has 0 amide bonds. The van der Waals surface area contributed by atoms with Gasteiger partial charge in [0.05, 0.1) is 5.69 Å². The summed E-state index contributed by atoms with van der Waals surface area (Å²) in [6, 6.07) is 5.56. The van der Waals surface area contributed by atoms with Gasteiger partial charge in [-0.05, 0) is 30.5 Å². The number of imidazole rings is 1. The van der Waals surface area contributed by atoms with Crippen LogP contribution in [-0.2, 0) is 13.2 Å². The first-order valence-corrected chi connectivity index (χ1v) is 10.4. The van der Waals surface area contributed by atoms with E-state index >= 15 is 0 Å². The lowest BCUT2D eigenvalue weighted by molar-refractivity contribution is 0.263. The molecule has 1 aromatic carbocycles. The van der Waals surface area contributed by atoms with E-state index in [1.54, 1.807) is 17.8 Å². The maximum Gasteiger partial charge on any atom is 0.135 e. The Kier molecular flexibility index (Phi) is 8.14. The number of hydrogen-bond donors (Lipinski definition) is 1. The molecule has 1 aromatic heterocycles. The van der Waals surface area contributed by atoms with E-state index in [1.165, 1.54) is 19.3 Å². The zero-order valence-electron chi connectivity index (χ0n) is 15.1. The van der Waals surface area contributed by atoms with Gasteiger partial charge in [-0.15, -0.1) is 0 Å². The standard InChI is InChI=1S/C19H26Cl2N2OS/c1-4-5-6-7-8-23-17(12-24)22-18(13(2)3)19(23)25-16-10-14(20)9-15(21)11-16/h9-11,13,24H,4-8,12H2,1-3H3. The molecule has 2 aromatic rings. The fourth-order valence-corrected chi connectivity index (χ4v) is 4.68. The van der Waals surface area contributed by atoms with Crippen LogP contribution in [-0.4, -0.2) is 14.7 Å². The number of nitrogens with zero attached hydrogens (tertiary/aromatic N) is 2. The molecule has 0 aliphatic carbocycles. The van der Waals surface area contributed by atoms with Crippen molar-refractivity contribution in [3.63, 3.8) is 0 Å². The van der Waals surface area contributed by atoms with E-state index in [4.69, 9.17) is 28.2 Å². The summed E-state index contributed by atoms with van der Waals surface area (Å²) >= 11 is 13.9. The zero-order chi connectivity index (χ0) is 18.4. The van der Waals surface area contributed by atoms with Crippen molar-refractivity contribution in [1.29, 1.82) is 0 Å². The van der Waals surface area contributed by atoms with Crippen molar-refractivity contribution >= 4 is 35.0 Å². The number of benzene rings is 1. The van der Waals surface area contributed by atoms with Crippen molar-refractivity contribution in [2.24, 2.45) is 0 Å². The zero-order valence-corrected chi connectivity index (χ0v) is 17.4. The van der Waals surface area contributed by atoms with Gasteiger partial charge >= 0.3 is 0 Å². The molecule has 0 saturated heterocycles. The van der Waals surface area contributed by atoms with Crippen molar-refractivity contribution in [1.82, 2.24) is 9.55 Å². The second-order valence-electron chi connectivity index (χ2n) is 6.45. The molecule has 6 heteroatoms. The Balaban J connectivity index is 2.36. The van der Waals surface area contributed by atoms with Crippen LogP contribution in [0.1, 0.15) is 63.9 Å². The van der Waals surface area contributed by atoms with E-state index in [9.17, 15) is 5.11 Å². The van der Waals surface area contributed by atoms with Gasteiger partial charge in [0, 0.05) is 21.5 Å². The van der Waals surface area contributed by atoms with Crippen LogP contribution >= 0.6 is 35.0 Å². The molecule has 0 bridgehead atoms. The summed E-state index contributed by atoms with van der Waals surface area (Å²) in [5, 5.41) is 12.1. The van der Waals surface area contributed by atoms with Crippen LogP contribution < -0.4 is 0 Å². The van der Waals surface area contributed by atoms with Gasteiger partial charge < -0.3 is 9.67 Å². The Morgan fingerprint density at radius 3 is 2.36 bits per heavy atom. The summed E-state index contributed by atoms with van der Waals surface area (Å²) in [7, 11) is 0. The molecular formula is C19H26Cl2N2OS. The Bertz CT molecular complexity index is 681. The lowest BCUT2D eigenvalue weighted by Crippen LogP contribution is -2.05. The monoisotopic (exact) mass is 400 g/mol. The van der Waals surface area contributed by atoms with Gasteiger partial charge in [0.25, 0.3) is 0 Å². The van der Waals surface area contributed by atoms with Crippen molar-refractivity contribution in [2.75, 3.05) is 0 Å². The van der Waals surface area contributed by atoms with Crippen LogP contribution in [0.3, 0.4) is 0 Å². The van der Waals surface area contributed by atoms with E-state index in [0.29, 0.717) is 10.0 Å². The van der Waals surface area contributed by atoms with Crippen LogP contribution in [0.2, 0.25) is 10.0 Å². The van der Waals surface area contributed by atoms with Crippen molar-refractivity contribution in [2.45, 2.75) is 75.4 Å². The molecule has 1 N–H and O–H groups in total. The molecule has 25 heavy (non-hydrogen) atoms. The minimum atomic E-state index is -0.0512. The number of hydrogen-bond acceptors (Lipinski definition) is 3. The molecule has 3 nitrogen and oxygen atoms in total. The molecule has 0 aliphatic rings.